The van der Waals surface area contributed by atoms with Crippen LogP contribution in [0.3, 0.4) is 0 Å². The average molecular weight is 169 g/mol. The van der Waals surface area contributed by atoms with Crippen molar-refractivity contribution in [3.63, 3.8) is 0 Å². The lowest BCUT2D eigenvalue weighted by Gasteiger charge is -2.14. The van der Waals surface area contributed by atoms with Crippen LogP contribution in [0, 0.1) is 11.8 Å². The summed E-state index contributed by atoms with van der Waals surface area (Å²) in [7, 11) is 1.46. The molecule has 68 valence electrons. The first-order chi connectivity index (χ1) is 5.83. The zero-order valence-corrected chi connectivity index (χ0v) is 7.38. The molecule has 0 amide bonds. The minimum atomic E-state index is -0.0793. The van der Waals surface area contributed by atoms with Crippen LogP contribution in [0.1, 0.15) is 19.3 Å². The molecule has 1 saturated carbocycles. The zero-order valence-electron chi connectivity index (χ0n) is 7.38. The van der Waals surface area contributed by atoms with E-state index in [0.717, 1.165) is 12.5 Å². The number of hydrogen-bond donors (Lipinski definition) is 1. The van der Waals surface area contributed by atoms with Crippen molar-refractivity contribution < 1.29 is 9.53 Å². The fourth-order valence-corrected chi connectivity index (χ4v) is 2.57. The van der Waals surface area contributed by atoms with Gasteiger partial charge in [-0.25, -0.2) is 0 Å². The highest BCUT2D eigenvalue weighted by atomic mass is 16.5. The first-order valence-corrected chi connectivity index (χ1v) is 4.64. The molecule has 0 radical (unpaired) electrons. The minimum absolute atomic E-state index is 0.0116. The Labute approximate surface area is 72.5 Å². The van der Waals surface area contributed by atoms with Crippen LogP contribution < -0.4 is 5.32 Å². The van der Waals surface area contributed by atoms with E-state index in [4.69, 9.17) is 4.74 Å². The van der Waals surface area contributed by atoms with Gasteiger partial charge < -0.3 is 10.1 Å². The van der Waals surface area contributed by atoms with E-state index in [1.807, 2.05) is 0 Å². The number of fused-ring (bicyclic) bond motifs is 1. The monoisotopic (exact) mass is 169 g/mol. The molecule has 0 aromatic carbocycles. The summed E-state index contributed by atoms with van der Waals surface area (Å²) in [6.07, 6.45) is 3.76. The molecule has 2 aliphatic rings. The van der Waals surface area contributed by atoms with Gasteiger partial charge in [0.1, 0.15) is 6.04 Å². The number of carbonyl (C=O) groups excluding carboxylic acids is 1. The van der Waals surface area contributed by atoms with Crippen molar-refractivity contribution >= 4 is 5.97 Å². The molecule has 1 aliphatic heterocycles. The van der Waals surface area contributed by atoms with Gasteiger partial charge in [0.25, 0.3) is 0 Å². The standard InChI is InChI=1S/C9H15NO2/c1-12-9(11)8-7-4-2-3-6(7)5-10-8/h6-8,10H,2-5H2,1H3/t6-,7+,8-/m0/s1. The van der Waals surface area contributed by atoms with Crippen LogP contribution in [0.15, 0.2) is 0 Å². The van der Waals surface area contributed by atoms with Gasteiger partial charge in [-0.15, -0.1) is 0 Å². The quantitative estimate of drug-likeness (QED) is 0.582. The molecule has 0 unspecified atom stereocenters. The van der Waals surface area contributed by atoms with Crippen LogP contribution in [0.4, 0.5) is 0 Å². The molecule has 2 fully saturated rings. The lowest BCUT2D eigenvalue weighted by molar-refractivity contribution is -0.143. The van der Waals surface area contributed by atoms with Crippen molar-refractivity contribution in [2.45, 2.75) is 25.3 Å². The average Bonchev–Trinajstić information content (AvgIpc) is 2.62. The number of methoxy groups -OCH3 is 1. The fourth-order valence-electron chi connectivity index (χ4n) is 2.57. The van der Waals surface area contributed by atoms with Crippen molar-refractivity contribution in [1.29, 1.82) is 0 Å². The topological polar surface area (TPSA) is 38.3 Å². The van der Waals surface area contributed by atoms with Gasteiger partial charge in [-0.3, -0.25) is 4.79 Å². The molecule has 0 spiro atoms. The van der Waals surface area contributed by atoms with Gasteiger partial charge in [-0.05, 0) is 31.2 Å². The normalized spacial score (nSPS) is 39.6. The van der Waals surface area contributed by atoms with Crippen LogP contribution in [0.5, 0.6) is 0 Å². The number of esters is 1. The van der Waals surface area contributed by atoms with E-state index in [2.05, 4.69) is 5.32 Å². The van der Waals surface area contributed by atoms with Crippen LogP contribution in [-0.4, -0.2) is 25.7 Å². The van der Waals surface area contributed by atoms with E-state index in [-0.39, 0.29) is 12.0 Å². The molecule has 1 aliphatic carbocycles. The summed E-state index contributed by atoms with van der Waals surface area (Å²) in [5, 5.41) is 3.23. The second kappa shape index (κ2) is 3.05. The first kappa shape index (κ1) is 8.05. The lowest BCUT2D eigenvalue weighted by Crippen LogP contribution is -2.36. The van der Waals surface area contributed by atoms with Crippen molar-refractivity contribution in [1.82, 2.24) is 5.32 Å². The molecule has 1 saturated heterocycles. The fraction of sp³-hybridized carbons (Fsp3) is 0.889. The summed E-state index contributed by atoms with van der Waals surface area (Å²) in [6.45, 7) is 1.00. The number of hydrogen-bond acceptors (Lipinski definition) is 3. The predicted molar refractivity (Wildman–Crippen MR) is 44.6 cm³/mol. The molecule has 1 heterocycles. The van der Waals surface area contributed by atoms with Crippen molar-refractivity contribution in [3.8, 4) is 0 Å². The van der Waals surface area contributed by atoms with Crippen molar-refractivity contribution in [2.24, 2.45) is 11.8 Å². The van der Waals surface area contributed by atoms with Crippen molar-refractivity contribution in [3.05, 3.63) is 0 Å². The predicted octanol–water partition coefficient (Wildman–Crippen LogP) is 0.547. The highest BCUT2D eigenvalue weighted by Crippen LogP contribution is 2.37. The maximum Gasteiger partial charge on any atom is 0.323 e. The second-order valence-corrected chi connectivity index (χ2v) is 3.76. The molecular formula is C9H15NO2. The first-order valence-electron chi connectivity index (χ1n) is 4.64. The molecule has 12 heavy (non-hydrogen) atoms. The van der Waals surface area contributed by atoms with E-state index in [9.17, 15) is 4.79 Å². The third-order valence-corrected chi connectivity index (χ3v) is 3.20. The Morgan fingerprint density at radius 3 is 3.08 bits per heavy atom. The minimum Gasteiger partial charge on any atom is -0.468 e. The van der Waals surface area contributed by atoms with E-state index >= 15 is 0 Å². The zero-order chi connectivity index (χ0) is 8.55. The van der Waals surface area contributed by atoms with Crippen LogP contribution in [-0.2, 0) is 9.53 Å². The molecule has 0 aromatic rings. The van der Waals surface area contributed by atoms with E-state index < -0.39 is 0 Å². The van der Waals surface area contributed by atoms with Gasteiger partial charge in [0.2, 0.25) is 0 Å². The molecule has 3 atom stereocenters. The third kappa shape index (κ3) is 1.12. The van der Waals surface area contributed by atoms with Crippen LogP contribution >= 0.6 is 0 Å². The Hall–Kier alpha value is -0.570. The van der Waals surface area contributed by atoms with Gasteiger partial charge in [0.05, 0.1) is 7.11 Å². The smallest absolute Gasteiger partial charge is 0.323 e. The summed E-state index contributed by atoms with van der Waals surface area (Å²) in [6, 6.07) is -0.0116. The van der Waals surface area contributed by atoms with Gasteiger partial charge in [0.15, 0.2) is 0 Å². The number of carbonyl (C=O) groups is 1. The highest BCUT2D eigenvalue weighted by Gasteiger charge is 2.42. The van der Waals surface area contributed by atoms with E-state index in [1.54, 1.807) is 0 Å². The maximum atomic E-state index is 11.3. The van der Waals surface area contributed by atoms with Gasteiger partial charge >= 0.3 is 5.97 Å². The summed E-state index contributed by atoms with van der Waals surface area (Å²) in [5.74, 6) is 1.20. The number of rotatable bonds is 1. The molecule has 2 rings (SSSR count). The molecule has 0 aromatic heterocycles. The SMILES string of the molecule is COC(=O)[C@H]1NC[C@@H]2CCC[C@H]21. The van der Waals surface area contributed by atoms with Crippen LogP contribution in [0.2, 0.25) is 0 Å². The highest BCUT2D eigenvalue weighted by molar-refractivity contribution is 5.76. The van der Waals surface area contributed by atoms with Crippen LogP contribution in [0.25, 0.3) is 0 Å². The van der Waals surface area contributed by atoms with Gasteiger partial charge in [-0.2, -0.15) is 0 Å². The number of nitrogens with one attached hydrogen (secondary N) is 1. The Morgan fingerprint density at radius 1 is 1.50 bits per heavy atom. The largest absolute Gasteiger partial charge is 0.468 e. The Kier molecular flexibility index (Phi) is 2.05. The van der Waals surface area contributed by atoms with E-state index in [1.165, 1.54) is 26.4 Å². The van der Waals surface area contributed by atoms with E-state index in [0.29, 0.717) is 5.92 Å². The van der Waals surface area contributed by atoms with Gasteiger partial charge in [-0.1, -0.05) is 6.42 Å². The Balaban J connectivity index is 2.04. The third-order valence-electron chi connectivity index (χ3n) is 3.20. The Bertz CT molecular complexity index is 193. The molecular weight excluding hydrogens is 154 g/mol. The summed E-state index contributed by atoms with van der Waals surface area (Å²) < 4.78 is 4.74. The second-order valence-electron chi connectivity index (χ2n) is 3.76. The lowest BCUT2D eigenvalue weighted by atomic mass is 9.94. The molecule has 0 bridgehead atoms. The van der Waals surface area contributed by atoms with Crippen molar-refractivity contribution in [2.75, 3.05) is 13.7 Å². The number of ether oxygens (including phenoxy) is 1. The molecule has 1 N–H and O–H groups in total. The van der Waals surface area contributed by atoms with Gasteiger partial charge in [0, 0.05) is 0 Å². The summed E-state index contributed by atoms with van der Waals surface area (Å²) >= 11 is 0. The summed E-state index contributed by atoms with van der Waals surface area (Å²) in [4.78, 5) is 11.3. The molecule has 3 heteroatoms. The summed E-state index contributed by atoms with van der Waals surface area (Å²) in [5.41, 5.74) is 0. The Morgan fingerprint density at radius 2 is 2.33 bits per heavy atom. The maximum absolute atomic E-state index is 11.3. The molecule has 3 nitrogen and oxygen atoms in total.